The second kappa shape index (κ2) is 7.03. The Bertz CT molecular complexity index is 890. The van der Waals surface area contributed by atoms with E-state index in [0.717, 1.165) is 36.2 Å². The van der Waals surface area contributed by atoms with Gasteiger partial charge >= 0.3 is 0 Å². The number of likely N-dealkylation sites (tertiary alicyclic amines) is 1. The number of hydrogen-bond acceptors (Lipinski definition) is 5. The number of hydrogen-bond donors (Lipinski definition) is 0. The highest BCUT2D eigenvalue weighted by atomic mass is 16.2. The summed E-state index contributed by atoms with van der Waals surface area (Å²) in [6.45, 7) is 1.41. The Balaban J connectivity index is 1.48. The molecule has 132 valence electrons. The molecule has 1 amide bonds. The van der Waals surface area contributed by atoms with Crippen LogP contribution in [0.3, 0.4) is 0 Å². The standard InChI is InChI=1S/C19H20N6O/c1-24-12-16(10-23-24)14-4-5-17(22-9-14)15-3-2-8-25(13-15)19(26)18-11-20-6-7-21-18/h4-7,9-12,15H,2-3,8,13H2,1H3/t15-/m1/s1. The second-order valence-electron chi connectivity index (χ2n) is 6.56. The number of pyridine rings is 1. The largest absolute Gasteiger partial charge is 0.337 e. The predicted molar refractivity (Wildman–Crippen MR) is 96.3 cm³/mol. The minimum atomic E-state index is -0.0604. The highest BCUT2D eigenvalue weighted by Crippen LogP contribution is 2.27. The van der Waals surface area contributed by atoms with Crippen molar-refractivity contribution in [3.8, 4) is 11.1 Å². The molecule has 4 heterocycles. The van der Waals surface area contributed by atoms with Crippen LogP contribution in [0.4, 0.5) is 0 Å². The summed E-state index contributed by atoms with van der Waals surface area (Å²) in [4.78, 5) is 27.2. The van der Waals surface area contributed by atoms with Crippen LogP contribution in [0.1, 0.15) is 34.9 Å². The Morgan fingerprint density at radius 1 is 1.12 bits per heavy atom. The maximum Gasteiger partial charge on any atom is 0.274 e. The molecular weight excluding hydrogens is 328 g/mol. The molecule has 3 aromatic heterocycles. The fraction of sp³-hybridized carbons (Fsp3) is 0.316. The van der Waals surface area contributed by atoms with E-state index in [9.17, 15) is 4.79 Å². The Labute approximate surface area is 151 Å². The summed E-state index contributed by atoms with van der Waals surface area (Å²) >= 11 is 0. The van der Waals surface area contributed by atoms with Crippen LogP contribution in [0.5, 0.6) is 0 Å². The highest BCUT2D eigenvalue weighted by Gasteiger charge is 2.27. The summed E-state index contributed by atoms with van der Waals surface area (Å²) < 4.78 is 1.78. The number of aromatic nitrogens is 5. The van der Waals surface area contributed by atoms with Crippen molar-refractivity contribution in [2.75, 3.05) is 13.1 Å². The lowest BCUT2D eigenvalue weighted by Gasteiger charge is -2.32. The molecule has 1 aliphatic rings. The van der Waals surface area contributed by atoms with Crippen LogP contribution in [0, 0.1) is 0 Å². The summed E-state index contributed by atoms with van der Waals surface area (Å²) in [5, 5.41) is 4.20. The first-order chi connectivity index (χ1) is 12.7. The van der Waals surface area contributed by atoms with E-state index in [1.165, 1.54) is 6.20 Å². The van der Waals surface area contributed by atoms with Crippen LogP contribution in [0.15, 0.2) is 49.3 Å². The summed E-state index contributed by atoms with van der Waals surface area (Å²) in [6, 6.07) is 4.13. The van der Waals surface area contributed by atoms with Crippen LogP contribution in [-0.4, -0.2) is 48.6 Å². The van der Waals surface area contributed by atoms with Crippen LogP contribution in [-0.2, 0) is 7.05 Å². The number of nitrogens with zero attached hydrogens (tertiary/aromatic N) is 6. The van der Waals surface area contributed by atoms with Crippen molar-refractivity contribution in [1.82, 2.24) is 29.6 Å². The van der Waals surface area contributed by atoms with E-state index in [0.29, 0.717) is 12.2 Å². The van der Waals surface area contributed by atoms with Gasteiger partial charge < -0.3 is 4.90 Å². The molecule has 0 aliphatic carbocycles. The Kier molecular flexibility index (Phi) is 4.43. The second-order valence-corrected chi connectivity index (χ2v) is 6.56. The minimum Gasteiger partial charge on any atom is -0.337 e. The Hall–Kier alpha value is -3.09. The normalized spacial score (nSPS) is 17.3. The molecule has 26 heavy (non-hydrogen) atoms. The number of carbonyl (C=O) groups excluding carboxylic acids is 1. The average molecular weight is 348 g/mol. The summed E-state index contributed by atoms with van der Waals surface area (Å²) in [7, 11) is 1.90. The topological polar surface area (TPSA) is 76.8 Å². The molecule has 1 aliphatic heterocycles. The zero-order valence-corrected chi connectivity index (χ0v) is 14.6. The molecule has 1 fully saturated rings. The molecule has 1 saturated heterocycles. The first-order valence-electron chi connectivity index (χ1n) is 8.71. The van der Waals surface area contributed by atoms with Gasteiger partial charge in [0.05, 0.1) is 12.4 Å². The van der Waals surface area contributed by atoms with E-state index in [-0.39, 0.29) is 11.8 Å². The van der Waals surface area contributed by atoms with Gasteiger partial charge in [0.15, 0.2) is 0 Å². The summed E-state index contributed by atoms with van der Waals surface area (Å²) in [5.74, 6) is 0.182. The number of aryl methyl sites for hydroxylation is 1. The molecule has 3 aromatic rings. The molecular formula is C19H20N6O. The molecule has 0 bridgehead atoms. The van der Waals surface area contributed by atoms with Crippen molar-refractivity contribution in [2.45, 2.75) is 18.8 Å². The van der Waals surface area contributed by atoms with Crippen LogP contribution >= 0.6 is 0 Å². The predicted octanol–water partition coefficient (Wildman–Crippen LogP) is 2.29. The fourth-order valence-corrected chi connectivity index (χ4v) is 3.36. The smallest absolute Gasteiger partial charge is 0.274 e. The maximum absolute atomic E-state index is 12.6. The molecule has 0 unspecified atom stereocenters. The average Bonchev–Trinajstić information content (AvgIpc) is 3.15. The van der Waals surface area contributed by atoms with E-state index in [4.69, 9.17) is 0 Å². The van der Waals surface area contributed by atoms with Crippen molar-refractivity contribution in [3.05, 3.63) is 60.7 Å². The van der Waals surface area contributed by atoms with Gasteiger partial charge in [0.1, 0.15) is 5.69 Å². The zero-order chi connectivity index (χ0) is 17.9. The van der Waals surface area contributed by atoms with E-state index in [1.807, 2.05) is 30.5 Å². The fourth-order valence-electron chi connectivity index (χ4n) is 3.36. The third-order valence-electron chi connectivity index (χ3n) is 4.73. The van der Waals surface area contributed by atoms with Gasteiger partial charge in [-0.05, 0) is 18.9 Å². The van der Waals surface area contributed by atoms with Gasteiger partial charge in [0, 0.05) is 67.7 Å². The van der Waals surface area contributed by atoms with Crippen molar-refractivity contribution >= 4 is 5.91 Å². The van der Waals surface area contributed by atoms with Crippen LogP contribution in [0.25, 0.3) is 11.1 Å². The lowest BCUT2D eigenvalue weighted by molar-refractivity contribution is 0.0699. The van der Waals surface area contributed by atoms with Gasteiger partial charge in [0.25, 0.3) is 5.91 Å². The third-order valence-corrected chi connectivity index (χ3v) is 4.73. The zero-order valence-electron chi connectivity index (χ0n) is 14.6. The van der Waals surface area contributed by atoms with Crippen LogP contribution in [0.2, 0.25) is 0 Å². The molecule has 0 spiro atoms. The van der Waals surface area contributed by atoms with Crippen molar-refractivity contribution < 1.29 is 4.79 Å². The molecule has 1 atom stereocenters. The monoisotopic (exact) mass is 348 g/mol. The van der Waals surface area contributed by atoms with Gasteiger partial charge in [-0.1, -0.05) is 6.07 Å². The lowest BCUT2D eigenvalue weighted by Crippen LogP contribution is -2.39. The number of rotatable bonds is 3. The Morgan fingerprint density at radius 2 is 2.04 bits per heavy atom. The molecule has 7 nitrogen and oxygen atoms in total. The Morgan fingerprint density at radius 3 is 2.73 bits per heavy atom. The quantitative estimate of drug-likeness (QED) is 0.726. The summed E-state index contributed by atoms with van der Waals surface area (Å²) in [6.07, 6.45) is 12.3. The van der Waals surface area contributed by atoms with E-state index >= 15 is 0 Å². The van der Waals surface area contributed by atoms with Gasteiger partial charge in [-0.3, -0.25) is 19.4 Å². The maximum atomic E-state index is 12.6. The molecule has 4 rings (SSSR count). The first kappa shape index (κ1) is 16.4. The number of carbonyl (C=O) groups is 1. The summed E-state index contributed by atoms with van der Waals surface area (Å²) in [5.41, 5.74) is 3.52. The van der Waals surface area contributed by atoms with E-state index in [1.54, 1.807) is 17.1 Å². The third kappa shape index (κ3) is 3.33. The van der Waals surface area contributed by atoms with Crippen LogP contribution < -0.4 is 0 Å². The minimum absolute atomic E-state index is 0.0604. The van der Waals surface area contributed by atoms with Crippen molar-refractivity contribution in [1.29, 1.82) is 0 Å². The van der Waals surface area contributed by atoms with Gasteiger partial charge in [-0.2, -0.15) is 5.10 Å². The molecule has 0 saturated carbocycles. The molecule has 0 radical (unpaired) electrons. The number of amides is 1. The SMILES string of the molecule is Cn1cc(-c2ccc([C@@H]3CCCN(C(=O)c4cnccn4)C3)nc2)cn1. The van der Waals surface area contributed by atoms with Gasteiger partial charge in [0.2, 0.25) is 0 Å². The van der Waals surface area contributed by atoms with E-state index in [2.05, 4.69) is 32.2 Å². The highest BCUT2D eigenvalue weighted by molar-refractivity contribution is 5.92. The number of piperidine rings is 1. The van der Waals surface area contributed by atoms with Gasteiger partial charge in [-0.25, -0.2) is 4.98 Å². The van der Waals surface area contributed by atoms with Crippen molar-refractivity contribution in [3.63, 3.8) is 0 Å². The molecule has 0 N–H and O–H groups in total. The van der Waals surface area contributed by atoms with Crippen molar-refractivity contribution in [2.24, 2.45) is 7.05 Å². The van der Waals surface area contributed by atoms with E-state index < -0.39 is 0 Å². The lowest BCUT2D eigenvalue weighted by atomic mass is 9.93. The molecule has 0 aromatic carbocycles. The molecule has 7 heteroatoms. The first-order valence-corrected chi connectivity index (χ1v) is 8.71. The van der Waals surface area contributed by atoms with Gasteiger partial charge in [-0.15, -0.1) is 0 Å².